The Kier molecular flexibility index (Phi) is 4.80. The molecule has 0 atom stereocenters. The molecule has 0 aliphatic rings. The molecule has 0 spiro atoms. The van der Waals surface area contributed by atoms with Gasteiger partial charge in [-0.15, -0.1) is 0 Å². The topological polar surface area (TPSA) is 68.5 Å². The fraction of sp³-hybridized carbons (Fsp3) is 0.200. The van der Waals surface area contributed by atoms with Crippen molar-refractivity contribution in [1.82, 2.24) is 4.98 Å². The van der Waals surface area contributed by atoms with Gasteiger partial charge in [0.1, 0.15) is 11.4 Å². The molecule has 0 bridgehead atoms. The van der Waals surface area contributed by atoms with Crippen molar-refractivity contribution in [2.45, 2.75) is 6.54 Å². The highest BCUT2D eigenvalue weighted by Gasteiger charge is 2.17. The third kappa shape index (κ3) is 3.52. The number of carbonyl (C=O) groups is 1. The quantitative estimate of drug-likeness (QED) is 0.859. The molecule has 0 fully saturated rings. The lowest BCUT2D eigenvalue weighted by molar-refractivity contribution is 0.0601. The number of hydrogen-bond donors (Lipinski definition) is 1. The van der Waals surface area contributed by atoms with Crippen LogP contribution in [0.5, 0.6) is 0 Å². The minimum atomic E-state index is -0.455. The number of pyridine rings is 1. The van der Waals surface area contributed by atoms with Crippen molar-refractivity contribution in [3.63, 3.8) is 0 Å². The maximum Gasteiger partial charge on any atom is 0.341 e. The van der Waals surface area contributed by atoms with Crippen LogP contribution in [0.15, 0.2) is 41.0 Å². The third-order valence-electron chi connectivity index (χ3n) is 3.02. The van der Waals surface area contributed by atoms with Gasteiger partial charge < -0.3 is 15.4 Å². The first-order valence-corrected chi connectivity index (χ1v) is 7.10. The van der Waals surface area contributed by atoms with Crippen molar-refractivity contribution in [3.8, 4) is 0 Å². The van der Waals surface area contributed by atoms with E-state index >= 15 is 0 Å². The molecule has 0 saturated heterocycles. The fourth-order valence-electron chi connectivity index (χ4n) is 2.00. The summed E-state index contributed by atoms with van der Waals surface area (Å²) in [5.74, 6) is 0.0792. The number of methoxy groups -OCH3 is 1. The number of nitrogens with two attached hydrogens (primary N) is 1. The molecule has 0 saturated carbocycles. The largest absolute Gasteiger partial charge is 0.465 e. The molecule has 2 N–H and O–H groups in total. The van der Waals surface area contributed by atoms with Crippen molar-refractivity contribution in [1.29, 1.82) is 0 Å². The van der Waals surface area contributed by atoms with Gasteiger partial charge in [-0.1, -0.05) is 34.1 Å². The van der Waals surface area contributed by atoms with Gasteiger partial charge in [-0.25, -0.2) is 9.78 Å². The number of rotatable bonds is 4. The van der Waals surface area contributed by atoms with E-state index < -0.39 is 5.97 Å². The molecular weight excluding hydrogens is 334 g/mol. The van der Waals surface area contributed by atoms with Crippen molar-refractivity contribution in [2.75, 3.05) is 24.8 Å². The Balaban J connectivity index is 2.33. The van der Waals surface area contributed by atoms with Gasteiger partial charge in [0.2, 0.25) is 0 Å². The van der Waals surface area contributed by atoms with Gasteiger partial charge in [0.25, 0.3) is 0 Å². The minimum absolute atomic E-state index is 0.354. The van der Waals surface area contributed by atoms with Gasteiger partial charge in [-0.2, -0.15) is 0 Å². The van der Waals surface area contributed by atoms with E-state index in [1.165, 1.54) is 13.3 Å². The predicted octanol–water partition coefficient (Wildman–Crippen LogP) is 2.85. The Bertz CT molecular complexity index is 661. The second-order valence-electron chi connectivity index (χ2n) is 4.58. The van der Waals surface area contributed by atoms with E-state index in [1.807, 2.05) is 36.2 Å². The van der Waals surface area contributed by atoms with Crippen LogP contribution in [0.4, 0.5) is 11.5 Å². The number of aromatic nitrogens is 1. The highest BCUT2D eigenvalue weighted by molar-refractivity contribution is 9.10. The molecule has 0 amide bonds. The van der Waals surface area contributed by atoms with Crippen molar-refractivity contribution < 1.29 is 9.53 Å². The zero-order valence-corrected chi connectivity index (χ0v) is 13.4. The van der Waals surface area contributed by atoms with E-state index in [1.54, 1.807) is 6.07 Å². The molecule has 0 aliphatic carbocycles. The standard InChI is InChI=1S/C15H16BrN3O2/c1-19(9-10-5-3-4-6-13(10)16)14-12(15(20)21-2)7-11(17)8-18-14/h3-8H,9,17H2,1-2H3. The molecule has 1 heterocycles. The summed E-state index contributed by atoms with van der Waals surface area (Å²) in [7, 11) is 3.20. The zero-order valence-electron chi connectivity index (χ0n) is 11.8. The van der Waals surface area contributed by atoms with E-state index in [2.05, 4.69) is 20.9 Å². The number of ether oxygens (including phenoxy) is 1. The average Bonchev–Trinajstić information content (AvgIpc) is 2.48. The summed E-state index contributed by atoms with van der Waals surface area (Å²) in [5, 5.41) is 0. The van der Waals surface area contributed by atoms with Crippen LogP contribution in [0.25, 0.3) is 0 Å². The molecule has 1 aromatic carbocycles. The van der Waals surface area contributed by atoms with Crippen molar-refractivity contribution in [3.05, 3.63) is 52.1 Å². The number of hydrogen-bond acceptors (Lipinski definition) is 5. The summed E-state index contributed by atoms with van der Waals surface area (Å²) < 4.78 is 5.79. The maximum absolute atomic E-state index is 11.9. The zero-order chi connectivity index (χ0) is 15.4. The molecule has 110 valence electrons. The van der Waals surface area contributed by atoms with E-state index in [4.69, 9.17) is 10.5 Å². The number of carbonyl (C=O) groups excluding carboxylic acids is 1. The molecule has 2 rings (SSSR count). The van der Waals surface area contributed by atoms with E-state index in [9.17, 15) is 4.79 Å². The first-order valence-electron chi connectivity index (χ1n) is 6.31. The predicted molar refractivity (Wildman–Crippen MR) is 86.2 cm³/mol. The van der Waals surface area contributed by atoms with Crippen LogP contribution in [-0.2, 0) is 11.3 Å². The summed E-state index contributed by atoms with van der Waals surface area (Å²) in [4.78, 5) is 18.0. The summed E-state index contributed by atoms with van der Waals surface area (Å²) >= 11 is 3.51. The van der Waals surface area contributed by atoms with Crippen LogP contribution >= 0.6 is 15.9 Å². The van der Waals surface area contributed by atoms with Crippen LogP contribution < -0.4 is 10.6 Å². The molecule has 0 aliphatic heterocycles. The Hall–Kier alpha value is -2.08. The monoisotopic (exact) mass is 349 g/mol. The molecule has 5 nitrogen and oxygen atoms in total. The number of esters is 1. The SMILES string of the molecule is COC(=O)c1cc(N)cnc1N(C)Cc1ccccc1Br. The van der Waals surface area contributed by atoms with Crippen molar-refractivity contribution in [2.24, 2.45) is 0 Å². The van der Waals surface area contributed by atoms with Crippen LogP contribution in [0.1, 0.15) is 15.9 Å². The number of halogens is 1. The number of nitrogens with zero attached hydrogens (tertiary/aromatic N) is 2. The lowest BCUT2D eigenvalue weighted by atomic mass is 10.2. The van der Waals surface area contributed by atoms with Gasteiger partial charge in [-0.3, -0.25) is 0 Å². The van der Waals surface area contributed by atoms with Gasteiger partial charge in [0.15, 0.2) is 0 Å². The Labute approximate surface area is 131 Å². The van der Waals surface area contributed by atoms with Crippen molar-refractivity contribution >= 4 is 33.4 Å². The highest BCUT2D eigenvalue weighted by Crippen LogP contribution is 2.24. The van der Waals surface area contributed by atoms with Crippen LogP contribution in [0.3, 0.4) is 0 Å². The average molecular weight is 350 g/mol. The van der Waals surface area contributed by atoms with Gasteiger partial charge in [0, 0.05) is 18.1 Å². The number of benzene rings is 1. The molecule has 6 heteroatoms. The lowest BCUT2D eigenvalue weighted by Gasteiger charge is -2.21. The van der Waals surface area contributed by atoms with E-state index in [-0.39, 0.29) is 0 Å². The van der Waals surface area contributed by atoms with Crippen LogP contribution in [0.2, 0.25) is 0 Å². The number of nitrogen functional groups attached to an aromatic ring is 1. The Morgan fingerprint density at radius 3 is 2.81 bits per heavy atom. The lowest BCUT2D eigenvalue weighted by Crippen LogP contribution is -2.21. The fourth-order valence-corrected chi connectivity index (χ4v) is 2.41. The van der Waals surface area contributed by atoms with E-state index in [0.29, 0.717) is 23.6 Å². The first kappa shape index (κ1) is 15.3. The summed E-state index contributed by atoms with van der Waals surface area (Å²) in [6, 6.07) is 9.47. The second kappa shape index (κ2) is 6.58. The molecule has 0 radical (unpaired) electrons. The molecule has 21 heavy (non-hydrogen) atoms. The third-order valence-corrected chi connectivity index (χ3v) is 3.79. The Morgan fingerprint density at radius 2 is 2.14 bits per heavy atom. The maximum atomic E-state index is 11.9. The van der Waals surface area contributed by atoms with Gasteiger partial charge in [0.05, 0.1) is 19.0 Å². The summed E-state index contributed by atoms with van der Waals surface area (Å²) in [6.45, 7) is 0.600. The molecule has 1 aromatic heterocycles. The van der Waals surface area contributed by atoms with E-state index in [0.717, 1.165) is 10.0 Å². The summed E-state index contributed by atoms with van der Waals surface area (Å²) in [6.07, 6.45) is 1.53. The van der Waals surface area contributed by atoms with Crippen LogP contribution in [-0.4, -0.2) is 25.1 Å². The normalized spacial score (nSPS) is 10.2. The minimum Gasteiger partial charge on any atom is -0.465 e. The molecule has 2 aromatic rings. The molecular formula is C15H16BrN3O2. The first-order chi connectivity index (χ1) is 10.0. The second-order valence-corrected chi connectivity index (χ2v) is 5.43. The highest BCUT2D eigenvalue weighted by atomic mass is 79.9. The Morgan fingerprint density at radius 1 is 1.43 bits per heavy atom. The number of anilines is 2. The smallest absolute Gasteiger partial charge is 0.341 e. The van der Waals surface area contributed by atoms with Gasteiger partial charge in [-0.05, 0) is 17.7 Å². The molecule has 0 unspecified atom stereocenters. The van der Waals surface area contributed by atoms with Gasteiger partial charge >= 0.3 is 5.97 Å². The van der Waals surface area contributed by atoms with Crippen LogP contribution in [0, 0.1) is 0 Å². The summed E-state index contributed by atoms with van der Waals surface area (Å²) in [5.41, 5.74) is 7.57.